The third-order valence-electron chi connectivity index (χ3n) is 7.16. The molecule has 1 N–H and O–H groups in total. The van der Waals surface area contributed by atoms with Gasteiger partial charge >= 0.3 is 0 Å². The molecule has 0 radical (unpaired) electrons. The molecule has 35 heavy (non-hydrogen) atoms. The van der Waals surface area contributed by atoms with E-state index < -0.39 is 5.60 Å². The number of hydrogen-bond donors (Lipinski definition) is 1. The van der Waals surface area contributed by atoms with Crippen molar-refractivity contribution < 1.29 is 9.84 Å². The van der Waals surface area contributed by atoms with Gasteiger partial charge in [0.25, 0.3) is 0 Å². The molecule has 1 aliphatic heterocycles. The Morgan fingerprint density at radius 3 is 1.83 bits per heavy atom. The summed E-state index contributed by atoms with van der Waals surface area (Å²) >= 11 is 0. The van der Waals surface area contributed by atoms with Gasteiger partial charge in [-0.15, -0.1) is 0 Å². The van der Waals surface area contributed by atoms with Gasteiger partial charge in [0.05, 0.1) is 0 Å². The maximum absolute atomic E-state index is 12.1. The van der Waals surface area contributed by atoms with Gasteiger partial charge in [-0.1, -0.05) is 103 Å². The summed E-state index contributed by atoms with van der Waals surface area (Å²) in [5, 5.41) is 12.1. The van der Waals surface area contributed by atoms with Crippen LogP contribution in [0.5, 0.6) is 5.75 Å². The summed E-state index contributed by atoms with van der Waals surface area (Å²) in [6.45, 7) is 3.39. The molecule has 178 valence electrons. The highest BCUT2D eigenvalue weighted by molar-refractivity contribution is 5.37. The van der Waals surface area contributed by atoms with Crippen molar-refractivity contribution in [2.45, 2.75) is 31.6 Å². The minimum Gasteiger partial charge on any atom is -0.489 e. The first-order valence-electron chi connectivity index (χ1n) is 12.5. The van der Waals surface area contributed by atoms with Crippen LogP contribution in [0.2, 0.25) is 0 Å². The second-order valence-corrected chi connectivity index (χ2v) is 9.47. The molecule has 0 atom stereocenters. The Hall–Kier alpha value is -3.40. The quantitative estimate of drug-likeness (QED) is 0.328. The number of hydrogen-bond acceptors (Lipinski definition) is 3. The Kier molecular flexibility index (Phi) is 7.27. The molecule has 1 heterocycles. The SMILES string of the molecule is OC(c1ccccc1)(c1ccccc1)C1CCN(Cc2cccc(OCc3ccccc3)c2)CC1. The molecule has 3 nitrogen and oxygen atoms in total. The predicted molar refractivity (Wildman–Crippen MR) is 141 cm³/mol. The van der Waals surface area contributed by atoms with Crippen LogP contribution >= 0.6 is 0 Å². The van der Waals surface area contributed by atoms with Gasteiger partial charge in [0.1, 0.15) is 18.0 Å². The lowest BCUT2D eigenvalue weighted by molar-refractivity contribution is -0.0152. The number of rotatable bonds is 8. The molecule has 4 aromatic carbocycles. The van der Waals surface area contributed by atoms with Gasteiger partial charge in [-0.25, -0.2) is 0 Å². The Balaban J connectivity index is 1.24. The van der Waals surface area contributed by atoms with E-state index in [0.717, 1.165) is 49.4 Å². The zero-order valence-corrected chi connectivity index (χ0v) is 20.1. The summed E-state index contributed by atoms with van der Waals surface area (Å²) in [6.07, 6.45) is 1.90. The summed E-state index contributed by atoms with van der Waals surface area (Å²) in [5.41, 5.74) is 3.42. The van der Waals surface area contributed by atoms with Crippen molar-refractivity contribution in [3.05, 3.63) is 138 Å². The van der Waals surface area contributed by atoms with E-state index in [1.807, 2.05) is 60.7 Å². The van der Waals surface area contributed by atoms with Gasteiger partial charge in [-0.2, -0.15) is 0 Å². The van der Waals surface area contributed by atoms with E-state index in [1.54, 1.807) is 0 Å². The summed E-state index contributed by atoms with van der Waals surface area (Å²) in [7, 11) is 0. The van der Waals surface area contributed by atoms with Crippen molar-refractivity contribution in [2.24, 2.45) is 5.92 Å². The fourth-order valence-electron chi connectivity index (χ4n) is 5.26. The number of piperidine rings is 1. The van der Waals surface area contributed by atoms with E-state index in [9.17, 15) is 5.11 Å². The van der Waals surface area contributed by atoms with E-state index in [-0.39, 0.29) is 5.92 Å². The Bertz CT molecular complexity index is 1150. The van der Waals surface area contributed by atoms with Gasteiger partial charge in [0.15, 0.2) is 0 Å². The minimum absolute atomic E-state index is 0.170. The van der Waals surface area contributed by atoms with Crippen molar-refractivity contribution in [3.8, 4) is 5.75 Å². The Morgan fingerprint density at radius 1 is 0.686 bits per heavy atom. The van der Waals surface area contributed by atoms with Crippen LogP contribution in [0.15, 0.2) is 115 Å². The topological polar surface area (TPSA) is 32.7 Å². The van der Waals surface area contributed by atoms with Crippen LogP contribution in [-0.4, -0.2) is 23.1 Å². The average Bonchev–Trinajstić information content (AvgIpc) is 2.94. The molecule has 1 fully saturated rings. The highest BCUT2D eigenvalue weighted by Gasteiger charge is 2.41. The highest BCUT2D eigenvalue weighted by Crippen LogP contribution is 2.42. The lowest BCUT2D eigenvalue weighted by Crippen LogP contribution is -2.44. The summed E-state index contributed by atoms with van der Waals surface area (Å²) in [4.78, 5) is 2.49. The molecular formula is C32H33NO2. The molecule has 0 unspecified atom stereocenters. The summed E-state index contributed by atoms with van der Waals surface area (Å²) in [6, 6.07) is 39.0. The number of benzene rings is 4. The van der Waals surface area contributed by atoms with Crippen LogP contribution < -0.4 is 4.74 Å². The largest absolute Gasteiger partial charge is 0.489 e. The zero-order valence-electron chi connectivity index (χ0n) is 20.1. The molecular weight excluding hydrogens is 430 g/mol. The molecule has 1 saturated heterocycles. The molecule has 3 heteroatoms. The molecule has 4 aromatic rings. The first kappa shape index (κ1) is 23.3. The van der Waals surface area contributed by atoms with Crippen LogP contribution in [0.3, 0.4) is 0 Å². The van der Waals surface area contributed by atoms with Gasteiger partial charge in [0.2, 0.25) is 0 Å². The Morgan fingerprint density at radius 2 is 1.23 bits per heavy atom. The molecule has 5 rings (SSSR count). The van der Waals surface area contributed by atoms with Gasteiger partial charge in [-0.3, -0.25) is 4.90 Å². The van der Waals surface area contributed by atoms with Crippen LogP contribution in [0.1, 0.15) is 35.1 Å². The van der Waals surface area contributed by atoms with E-state index in [4.69, 9.17) is 4.74 Å². The summed E-state index contributed by atoms with van der Waals surface area (Å²) < 4.78 is 6.03. The zero-order chi connectivity index (χ0) is 23.9. The van der Waals surface area contributed by atoms with Crippen LogP contribution in [0, 0.1) is 5.92 Å². The lowest BCUT2D eigenvalue weighted by Gasteiger charge is -2.42. The molecule has 0 spiro atoms. The average molecular weight is 464 g/mol. The lowest BCUT2D eigenvalue weighted by atomic mass is 9.72. The maximum atomic E-state index is 12.1. The third kappa shape index (κ3) is 5.48. The highest BCUT2D eigenvalue weighted by atomic mass is 16.5. The van der Waals surface area contributed by atoms with Crippen molar-refractivity contribution >= 4 is 0 Å². The molecule has 0 bridgehead atoms. The first-order chi connectivity index (χ1) is 17.2. The first-order valence-corrected chi connectivity index (χ1v) is 12.5. The summed E-state index contributed by atoms with van der Waals surface area (Å²) in [5.74, 6) is 1.08. The second-order valence-electron chi connectivity index (χ2n) is 9.47. The number of ether oxygens (including phenoxy) is 1. The molecule has 0 aliphatic carbocycles. The third-order valence-corrected chi connectivity index (χ3v) is 7.16. The molecule has 0 amide bonds. The van der Waals surface area contributed by atoms with Crippen LogP contribution in [-0.2, 0) is 18.8 Å². The fraction of sp³-hybridized carbons (Fsp3) is 0.250. The van der Waals surface area contributed by atoms with Crippen LogP contribution in [0.4, 0.5) is 0 Å². The fourth-order valence-corrected chi connectivity index (χ4v) is 5.26. The molecule has 0 saturated carbocycles. The van der Waals surface area contributed by atoms with Gasteiger partial charge < -0.3 is 9.84 Å². The monoisotopic (exact) mass is 463 g/mol. The van der Waals surface area contributed by atoms with Crippen molar-refractivity contribution in [2.75, 3.05) is 13.1 Å². The normalized spacial score (nSPS) is 15.1. The minimum atomic E-state index is -0.972. The van der Waals surface area contributed by atoms with Gasteiger partial charge in [0, 0.05) is 6.54 Å². The number of nitrogens with zero attached hydrogens (tertiary/aromatic N) is 1. The number of likely N-dealkylation sites (tertiary alicyclic amines) is 1. The Labute approximate surface area is 208 Å². The van der Waals surface area contributed by atoms with Crippen molar-refractivity contribution in [1.29, 1.82) is 0 Å². The van der Waals surface area contributed by atoms with E-state index in [1.165, 1.54) is 11.1 Å². The smallest absolute Gasteiger partial charge is 0.120 e. The second kappa shape index (κ2) is 10.9. The predicted octanol–water partition coefficient (Wildman–Crippen LogP) is 6.41. The molecule has 1 aliphatic rings. The van der Waals surface area contributed by atoms with E-state index in [0.29, 0.717) is 6.61 Å². The van der Waals surface area contributed by atoms with Crippen molar-refractivity contribution in [3.63, 3.8) is 0 Å². The van der Waals surface area contributed by atoms with E-state index >= 15 is 0 Å². The van der Waals surface area contributed by atoms with E-state index in [2.05, 4.69) is 59.5 Å². The standard InChI is InChI=1S/C32H33NO2/c34-32(28-14-6-2-7-15-28,29-16-8-3-9-17-29)30-19-21-33(22-20-30)24-27-13-10-18-31(23-27)35-25-26-11-4-1-5-12-26/h1-18,23,30,34H,19-22,24-25H2. The van der Waals surface area contributed by atoms with Gasteiger partial charge in [-0.05, 0) is 66.2 Å². The number of aliphatic hydroxyl groups is 1. The molecule has 0 aromatic heterocycles. The van der Waals surface area contributed by atoms with Crippen LogP contribution in [0.25, 0.3) is 0 Å². The maximum Gasteiger partial charge on any atom is 0.120 e. The van der Waals surface area contributed by atoms with Crippen molar-refractivity contribution in [1.82, 2.24) is 4.90 Å².